The maximum atomic E-state index is 12.8. The van der Waals surface area contributed by atoms with Crippen molar-refractivity contribution in [1.82, 2.24) is 5.32 Å². The third-order valence-electron chi connectivity index (χ3n) is 3.32. The van der Waals surface area contributed by atoms with Gasteiger partial charge >= 0.3 is 6.09 Å². The van der Waals surface area contributed by atoms with Crippen LogP contribution in [0.4, 0.5) is 4.79 Å². The molecule has 1 heterocycles. The Morgan fingerprint density at radius 1 is 1.14 bits per heavy atom. The van der Waals surface area contributed by atoms with E-state index in [0.29, 0.717) is 4.88 Å². The van der Waals surface area contributed by atoms with E-state index in [1.54, 1.807) is 26.8 Å². The van der Waals surface area contributed by atoms with Gasteiger partial charge in [0.1, 0.15) is 9.81 Å². The third kappa shape index (κ3) is 5.79. The molecule has 0 aliphatic heterocycles. The minimum atomic E-state index is -3.82. The van der Waals surface area contributed by atoms with E-state index in [4.69, 9.17) is 4.74 Å². The highest BCUT2D eigenvalue weighted by molar-refractivity contribution is 9.10. The van der Waals surface area contributed by atoms with Crippen LogP contribution >= 0.6 is 27.3 Å². The predicted molar refractivity (Wildman–Crippen MR) is 110 cm³/mol. The monoisotopic (exact) mass is 509 g/mol. The topological polar surface area (TPSA) is 107 Å². The Hall–Kier alpha value is -1.43. The summed E-state index contributed by atoms with van der Waals surface area (Å²) in [6.07, 6.45) is 0.454. The summed E-state index contributed by atoms with van der Waals surface area (Å²) in [4.78, 5) is 12.3. The first-order valence-corrected chi connectivity index (χ1v) is 13.0. The maximum absolute atomic E-state index is 12.8. The van der Waals surface area contributed by atoms with Crippen molar-refractivity contribution in [3.8, 4) is 0 Å². The Bertz CT molecular complexity index is 1100. The first kappa shape index (κ1) is 22.9. The lowest BCUT2D eigenvalue weighted by atomic mass is 10.2. The zero-order valence-corrected chi connectivity index (χ0v) is 19.7. The number of alkyl carbamates (subject to hydrolysis) is 1. The minimum absolute atomic E-state index is 0.0138. The molecule has 0 bridgehead atoms. The molecule has 0 aliphatic rings. The second kappa shape index (κ2) is 8.13. The van der Waals surface area contributed by atoms with Crippen LogP contribution in [0.25, 0.3) is 0 Å². The van der Waals surface area contributed by atoms with Crippen LogP contribution in [0.2, 0.25) is 0 Å². The van der Waals surface area contributed by atoms with E-state index >= 15 is 0 Å². The summed E-state index contributed by atoms with van der Waals surface area (Å²) >= 11 is 4.13. The van der Waals surface area contributed by atoms with Crippen molar-refractivity contribution < 1.29 is 26.4 Å². The molecule has 1 amide bonds. The lowest BCUT2D eigenvalue weighted by Crippen LogP contribution is -2.31. The number of carbonyl (C=O) groups excluding carboxylic acids is 1. The lowest BCUT2D eigenvalue weighted by Gasteiger charge is -2.19. The first-order valence-electron chi connectivity index (χ1n) is 8.00. The summed E-state index contributed by atoms with van der Waals surface area (Å²) in [5.41, 5.74) is -0.625. The average Bonchev–Trinajstić information content (AvgIpc) is 2.99. The van der Waals surface area contributed by atoms with Crippen molar-refractivity contribution in [2.24, 2.45) is 0 Å². The van der Waals surface area contributed by atoms with Gasteiger partial charge in [0.05, 0.1) is 16.3 Å². The lowest BCUT2D eigenvalue weighted by molar-refractivity contribution is 0.0524. The van der Waals surface area contributed by atoms with Crippen LogP contribution in [0.1, 0.15) is 25.6 Å². The first-order chi connectivity index (χ1) is 12.7. The molecule has 0 saturated carbocycles. The Morgan fingerprint density at radius 3 is 2.32 bits per heavy atom. The molecule has 0 radical (unpaired) electrons. The zero-order valence-electron chi connectivity index (χ0n) is 15.6. The fourth-order valence-electron chi connectivity index (χ4n) is 2.14. The highest BCUT2D eigenvalue weighted by Crippen LogP contribution is 2.31. The molecule has 0 saturated heterocycles. The van der Waals surface area contributed by atoms with Crippen LogP contribution < -0.4 is 5.32 Å². The second-order valence-corrected chi connectivity index (χ2v) is 13.1. The number of amides is 1. The van der Waals surface area contributed by atoms with Crippen LogP contribution in [0.15, 0.2) is 48.8 Å². The van der Waals surface area contributed by atoms with Gasteiger partial charge in [-0.15, -0.1) is 11.3 Å². The second-order valence-electron chi connectivity index (χ2n) is 6.94. The summed E-state index contributed by atoms with van der Waals surface area (Å²) < 4.78 is 54.4. The highest BCUT2D eigenvalue weighted by atomic mass is 79.9. The fraction of sp³-hybridized carbons (Fsp3) is 0.353. The Morgan fingerprint density at radius 2 is 1.79 bits per heavy atom. The van der Waals surface area contributed by atoms with Crippen LogP contribution in [-0.4, -0.2) is 34.8 Å². The largest absolute Gasteiger partial charge is 0.444 e. The normalized spacial score (nSPS) is 12.6. The number of rotatable bonds is 5. The number of ether oxygens (including phenoxy) is 1. The smallest absolute Gasteiger partial charge is 0.407 e. The fourth-order valence-corrected chi connectivity index (χ4v) is 7.00. The SMILES string of the molecule is CC(C)(C)OC(=O)NCc1ccc(S(=O)(=O)c2ccc(S(C)(=O)=O)c(Br)c2)s1. The Labute approximate surface area is 177 Å². The van der Waals surface area contributed by atoms with Gasteiger partial charge in [0.25, 0.3) is 0 Å². The maximum Gasteiger partial charge on any atom is 0.407 e. The molecule has 2 aromatic rings. The van der Waals surface area contributed by atoms with Crippen LogP contribution in [-0.2, 0) is 31.0 Å². The molecule has 0 unspecified atom stereocenters. The van der Waals surface area contributed by atoms with E-state index < -0.39 is 31.4 Å². The molecule has 154 valence electrons. The van der Waals surface area contributed by atoms with E-state index in [9.17, 15) is 21.6 Å². The highest BCUT2D eigenvalue weighted by Gasteiger charge is 2.23. The third-order valence-corrected chi connectivity index (χ3v) is 8.72. The number of hydrogen-bond donors (Lipinski definition) is 1. The van der Waals surface area contributed by atoms with Gasteiger partial charge in [0.2, 0.25) is 9.84 Å². The van der Waals surface area contributed by atoms with Crippen molar-refractivity contribution >= 4 is 53.0 Å². The van der Waals surface area contributed by atoms with Gasteiger partial charge in [0.15, 0.2) is 9.84 Å². The number of carbonyl (C=O) groups is 1. The van der Waals surface area contributed by atoms with Gasteiger partial charge in [-0.3, -0.25) is 0 Å². The molecule has 1 N–H and O–H groups in total. The molecule has 28 heavy (non-hydrogen) atoms. The summed E-state index contributed by atoms with van der Waals surface area (Å²) in [6, 6.07) is 6.84. The molecular formula is C17H20BrNO6S3. The predicted octanol–water partition coefficient (Wildman–Crippen LogP) is 3.77. The van der Waals surface area contributed by atoms with E-state index in [2.05, 4.69) is 21.2 Å². The number of nitrogens with one attached hydrogen (secondary N) is 1. The Balaban J connectivity index is 2.20. The van der Waals surface area contributed by atoms with Gasteiger partial charge in [0, 0.05) is 15.6 Å². The quantitative estimate of drug-likeness (QED) is 0.657. The molecule has 0 atom stereocenters. The minimum Gasteiger partial charge on any atom is -0.444 e. The summed E-state index contributed by atoms with van der Waals surface area (Å²) in [7, 11) is -7.30. The van der Waals surface area contributed by atoms with Crippen molar-refractivity contribution in [3.05, 3.63) is 39.7 Å². The van der Waals surface area contributed by atoms with Crippen molar-refractivity contribution in [2.75, 3.05) is 6.26 Å². The zero-order chi connectivity index (χ0) is 21.3. The molecule has 7 nitrogen and oxygen atoms in total. The van der Waals surface area contributed by atoms with Gasteiger partial charge in [-0.1, -0.05) is 0 Å². The Kier molecular flexibility index (Phi) is 6.64. The molecule has 1 aromatic carbocycles. The summed E-state index contributed by atoms with van der Waals surface area (Å²) in [5.74, 6) is 0. The number of benzene rings is 1. The molecular weight excluding hydrogens is 490 g/mol. The molecule has 2 rings (SSSR count). The van der Waals surface area contributed by atoms with Gasteiger partial charge in [-0.2, -0.15) is 0 Å². The number of thiophene rings is 1. The van der Waals surface area contributed by atoms with Crippen LogP contribution in [0, 0.1) is 0 Å². The van der Waals surface area contributed by atoms with E-state index in [1.165, 1.54) is 24.3 Å². The molecule has 11 heteroatoms. The molecule has 1 aromatic heterocycles. The van der Waals surface area contributed by atoms with Crippen molar-refractivity contribution in [1.29, 1.82) is 0 Å². The molecule has 0 aliphatic carbocycles. The van der Waals surface area contributed by atoms with Gasteiger partial charge in [-0.25, -0.2) is 21.6 Å². The van der Waals surface area contributed by atoms with Crippen molar-refractivity contribution in [3.63, 3.8) is 0 Å². The van der Waals surface area contributed by atoms with Crippen LogP contribution in [0.5, 0.6) is 0 Å². The molecule has 0 spiro atoms. The number of hydrogen-bond acceptors (Lipinski definition) is 7. The van der Waals surface area contributed by atoms with Crippen LogP contribution in [0.3, 0.4) is 0 Å². The van der Waals surface area contributed by atoms with Gasteiger partial charge in [-0.05, 0) is 67.0 Å². The van der Waals surface area contributed by atoms with Gasteiger partial charge < -0.3 is 10.1 Å². The summed E-state index contributed by atoms with van der Waals surface area (Å²) in [6.45, 7) is 5.37. The standard InChI is InChI=1S/C17H20BrNO6S3/c1-17(2,3)25-16(20)19-10-11-5-8-15(26-11)28(23,24)12-6-7-14(13(18)9-12)27(4,21)22/h5-9H,10H2,1-4H3,(H,19,20). The van der Waals surface area contributed by atoms with E-state index in [-0.39, 0.29) is 25.0 Å². The summed E-state index contributed by atoms with van der Waals surface area (Å²) in [5, 5.41) is 2.57. The molecule has 0 fully saturated rings. The average molecular weight is 510 g/mol. The van der Waals surface area contributed by atoms with E-state index in [1.807, 2.05) is 0 Å². The number of halogens is 1. The number of sulfone groups is 2. The van der Waals surface area contributed by atoms with Crippen molar-refractivity contribution in [2.45, 2.75) is 46.9 Å². The van der Waals surface area contributed by atoms with E-state index in [0.717, 1.165) is 17.6 Å².